The van der Waals surface area contributed by atoms with Crippen LogP contribution in [0.3, 0.4) is 0 Å². The number of halogens is 1. The molecule has 1 N–H and O–H groups in total. The van der Waals surface area contributed by atoms with E-state index in [1.807, 2.05) is 36.0 Å². The van der Waals surface area contributed by atoms with Crippen LogP contribution < -0.4 is 5.32 Å². The van der Waals surface area contributed by atoms with Gasteiger partial charge in [-0.15, -0.1) is 0 Å². The van der Waals surface area contributed by atoms with Gasteiger partial charge in [0, 0.05) is 17.0 Å². The van der Waals surface area contributed by atoms with Crippen molar-refractivity contribution in [3.63, 3.8) is 0 Å². The third-order valence-corrected chi connectivity index (χ3v) is 6.32. The lowest BCUT2D eigenvalue weighted by Crippen LogP contribution is -2.43. The number of benzene rings is 1. The Bertz CT molecular complexity index is 628. The van der Waals surface area contributed by atoms with Crippen molar-refractivity contribution in [1.29, 1.82) is 0 Å². The molecule has 1 heterocycles. The number of nitrogens with zero attached hydrogens (tertiary/aromatic N) is 2. The van der Waals surface area contributed by atoms with Gasteiger partial charge in [0.2, 0.25) is 0 Å². The van der Waals surface area contributed by atoms with Gasteiger partial charge in [-0.25, -0.2) is 9.80 Å². The van der Waals surface area contributed by atoms with Gasteiger partial charge in [0.15, 0.2) is 0 Å². The number of hydrogen-bond acceptors (Lipinski definition) is 3. The van der Waals surface area contributed by atoms with Crippen LogP contribution in [-0.4, -0.2) is 40.8 Å². The zero-order chi connectivity index (χ0) is 18.4. The maximum Gasteiger partial charge on any atom is 0.338 e. The van der Waals surface area contributed by atoms with Crippen molar-refractivity contribution in [3.05, 3.63) is 34.9 Å². The Morgan fingerprint density at radius 3 is 2.69 bits per heavy atom. The van der Waals surface area contributed by atoms with Gasteiger partial charge < -0.3 is 5.32 Å². The average molecular weight is 394 g/mol. The molecule has 1 aromatic carbocycles. The summed E-state index contributed by atoms with van der Waals surface area (Å²) in [6.07, 6.45) is 6.91. The van der Waals surface area contributed by atoms with Crippen LogP contribution in [-0.2, 0) is 0 Å². The smallest absolute Gasteiger partial charge is 0.334 e. The first kappa shape index (κ1) is 19.6. The van der Waals surface area contributed by atoms with E-state index in [4.69, 9.17) is 16.7 Å². The van der Waals surface area contributed by atoms with Crippen molar-refractivity contribution in [2.75, 3.05) is 18.1 Å². The molecule has 1 fully saturated rings. The first-order valence-corrected chi connectivity index (χ1v) is 11.2. The maximum absolute atomic E-state index is 12.7. The van der Waals surface area contributed by atoms with E-state index in [2.05, 4.69) is 12.2 Å². The van der Waals surface area contributed by atoms with E-state index in [-0.39, 0.29) is 11.9 Å². The number of amides is 2. The molecule has 0 saturated heterocycles. The number of carbonyl (C=O) groups excluding carboxylic acids is 1. The number of thioether (sulfide) groups is 1. The third-order valence-electron chi connectivity index (χ3n) is 5.13. The summed E-state index contributed by atoms with van der Waals surface area (Å²) in [5.41, 5.74) is 2.08. The maximum atomic E-state index is 12.7. The molecule has 26 heavy (non-hydrogen) atoms. The fourth-order valence-electron chi connectivity index (χ4n) is 3.68. The molecule has 1 aromatic rings. The van der Waals surface area contributed by atoms with Gasteiger partial charge in [-0.2, -0.15) is 16.9 Å². The molecule has 0 spiro atoms. The lowest BCUT2D eigenvalue weighted by atomic mass is 9.95. The standard InChI is InChI=1S/C20H28ClN3OS/c1-2-26-13-12-16-14-24(20(25)22-18-6-4-3-5-7-18)23-19(16)15-8-10-17(21)11-9-15/h8-11,16,18H,2-7,12-14H2,1H3,(H,22,25). The molecule has 0 bridgehead atoms. The Balaban J connectivity index is 1.69. The second-order valence-electron chi connectivity index (χ2n) is 7.04. The minimum atomic E-state index is -0.0472. The summed E-state index contributed by atoms with van der Waals surface area (Å²) in [5, 5.41) is 10.2. The van der Waals surface area contributed by atoms with E-state index in [9.17, 15) is 4.79 Å². The van der Waals surface area contributed by atoms with Crippen molar-refractivity contribution in [2.24, 2.45) is 11.0 Å². The second-order valence-corrected chi connectivity index (χ2v) is 8.87. The molecule has 4 nitrogen and oxygen atoms in total. The topological polar surface area (TPSA) is 44.7 Å². The molecule has 6 heteroatoms. The number of urea groups is 1. The highest BCUT2D eigenvalue weighted by atomic mass is 35.5. The number of hydrogen-bond donors (Lipinski definition) is 1. The summed E-state index contributed by atoms with van der Waals surface area (Å²) < 4.78 is 0. The van der Waals surface area contributed by atoms with E-state index in [0.29, 0.717) is 12.6 Å². The fourth-order valence-corrected chi connectivity index (χ4v) is 4.55. The Labute approximate surface area is 165 Å². The van der Waals surface area contributed by atoms with E-state index in [1.54, 1.807) is 5.01 Å². The van der Waals surface area contributed by atoms with Crippen molar-refractivity contribution >= 4 is 35.1 Å². The minimum absolute atomic E-state index is 0.0472. The quantitative estimate of drug-likeness (QED) is 0.678. The first-order chi connectivity index (χ1) is 12.7. The minimum Gasteiger partial charge on any atom is -0.334 e. The van der Waals surface area contributed by atoms with E-state index < -0.39 is 0 Å². The molecule has 3 rings (SSSR count). The van der Waals surface area contributed by atoms with E-state index >= 15 is 0 Å². The summed E-state index contributed by atoms with van der Waals surface area (Å²) in [5.74, 6) is 2.49. The molecule has 142 valence electrons. The van der Waals surface area contributed by atoms with Crippen molar-refractivity contribution in [2.45, 2.75) is 51.5 Å². The highest BCUT2D eigenvalue weighted by Gasteiger charge is 2.31. The van der Waals surface area contributed by atoms with Crippen molar-refractivity contribution in [3.8, 4) is 0 Å². The Hall–Kier alpha value is -1.20. The molecule has 1 unspecified atom stereocenters. The van der Waals surface area contributed by atoms with Crippen LogP contribution in [0.25, 0.3) is 0 Å². The first-order valence-electron chi connectivity index (χ1n) is 9.67. The van der Waals surface area contributed by atoms with Crippen LogP contribution in [0.5, 0.6) is 0 Å². The predicted octanol–water partition coefficient (Wildman–Crippen LogP) is 5.16. The van der Waals surface area contributed by atoms with Gasteiger partial charge in [0.25, 0.3) is 0 Å². The van der Waals surface area contributed by atoms with Crippen molar-refractivity contribution < 1.29 is 4.79 Å². The lowest BCUT2D eigenvalue weighted by Gasteiger charge is -2.24. The Morgan fingerprint density at radius 2 is 2.00 bits per heavy atom. The molecule has 1 atom stereocenters. The normalized spacial score (nSPS) is 20.9. The van der Waals surface area contributed by atoms with E-state index in [0.717, 1.165) is 47.1 Å². The third kappa shape index (κ3) is 5.17. The van der Waals surface area contributed by atoms with Crippen LogP contribution in [0, 0.1) is 5.92 Å². The van der Waals surface area contributed by atoms with Crippen LogP contribution in [0.1, 0.15) is 51.0 Å². The molecule has 2 aliphatic rings. The van der Waals surface area contributed by atoms with Gasteiger partial charge in [-0.3, -0.25) is 0 Å². The monoisotopic (exact) mass is 393 g/mol. The molecule has 1 aliphatic carbocycles. The van der Waals surface area contributed by atoms with Crippen LogP contribution in [0.15, 0.2) is 29.4 Å². The molecule has 0 radical (unpaired) electrons. The number of hydrazone groups is 1. The molecular weight excluding hydrogens is 366 g/mol. The van der Waals surface area contributed by atoms with Gasteiger partial charge in [0.1, 0.15) is 0 Å². The summed E-state index contributed by atoms with van der Waals surface area (Å²) >= 11 is 7.96. The zero-order valence-corrected chi connectivity index (χ0v) is 17.0. The Morgan fingerprint density at radius 1 is 1.27 bits per heavy atom. The number of rotatable bonds is 6. The number of carbonyl (C=O) groups is 1. The summed E-state index contributed by atoms with van der Waals surface area (Å²) in [6.45, 7) is 2.85. The SMILES string of the molecule is CCSCCC1CN(C(=O)NC2CCCCC2)N=C1c1ccc(Cl)cc1. The zero-order valence-electron chi connectivity index (χ0n) is 15.4. The predicted molar refractivity (Wildman–Crippen MR) is 111 cm³/mol. The largest absolute Gasteiger partial charge is 0.338 e. The summed E-state index contributed by atoms with van der Waals surface area (Å²) in [6, 6.07) is 8.05. The van der Waals surface area contributed by atoms with Gasteiger partial charge in [-0.05, 0) is 48.5 Å². The van der Waals surface area contributed by atoms with E-state index in [1.165, 1.54) is 19.3 Å². The highest BCUT2D eigenvalue weighted by molar-refractivity contribution is 7.99. The average Bonchev–Trinajstić information content (AvgIpc) is 3.08. The van der Waals surface area contributed by atoms with Gasteiger partial charge in [0.05, 0.1) is 12.3 Å². The summed E-state index contributed by atoms with van der Waals surface area (Å²) in [7, 11) is 0. The van der Waals surface area contributed by atoms with Gasteiger partial charge >= 0.3 is 6.03 Å². The molecule has 0 aromatic heterocycles. The van der Waals surface area contributed by atoms with Crippen molar-refractivity contribution in [1.82, 2.24) is 10.3 Å². The van der Waals surface area contributed by atoms with Crippen LogP contribution in [0.4, 0.5) is 4.79 Å². The number of nitrogens with one attached hydrogen (secondary N) is 1. The Kier molecular flexibility index (Phi) is 7.26. The molecule has 2 amide bonds. The summed E-state index contributed by atoms with van der Waals surface area (Å²) in [4.78, 5) is 12.7. The molecule has 1 saturated carbocycles. The van der Waals surface area contributed by atoms with Gasteiger partial charge in [-0.1, -0.05) is 49.9 Å². The van der Waals surface area contributed by atoms with Crippen LogP contribution in [0.2, 0.25) is 5.02 Å². The highest BCUT2D eigenvalue weighted by Crippen LogP contribution is 2.26. The lowest BCUT2D eigenvalue weighted by molar-refractivity contribution is 0.193. The molecular formula is C20H28ClN3OS. The molecule has 1 aliphatic heterocycles. The van der Waals surface area contributed by atoms with Crippen LogP contribution >= 0.6 is 23.4 Å². The second kappa shape index (κ2) is 9.65. The fraction of sp³-hybridized carbons (Fsp3) is 0.600.